The van der Waals surface area contributed by atoms with Crippen molar-refractivity contribution in [3.05, 3.63) is 78.1 Å². The third kappa shape index (κ3) is 5.77. The summed E-state index contributed by atoms with van der Waals surface area (Å²) in [6, 6.07) is 12.5. The number of alkyl halides is 3. The molecule has 0 atom stereocenters. The Morgan fingerprint density at radius 3 is 2.42 bits per heavy atom. The van der Waals surface area contributed by atoms with E-state index < -0.39 is 23.4 Å². The first kappa shape index (κ1) is 25.0. The van der Waals surface area contributed by atoms with Crippen LogP contribution in [0.4, 0.5) is 29.3 Å². The highest BCUT2D eigenvalue weighted by molar-refractivity contribution is 8.00. The number of urea groups is 1. The van der Waals surface area contributed by atoms with E-state index in [9.17, 15) is 27.6 Å². The van der Waals surface area contributed by atoms with E-state index in [1.807, 2.05) is 0 Å². The fourth-order valence-corrected chi connectivity index (χ4v) is 4.08. The number of thioether (sulfide) groups is 1. The molecule has 1 aliphatic heterocycles. The predicted molar refractivity (Wildman–Crippen MR) is 127 cm³/mol. The standard InChI is InChI=1S/C24H19F3N4O4S/c1-35-18-6-2-15(3-7-18)22(33)29-20-12-28-11-10-16(20)13-30-14-21(32)31(23(30)34)17-4-8-19(9-5-17)36-24(25,26)27/h2-12H,13-14H2,1H3,(H,29,33). The van der Waals surface area contributed by atoms with Gasteiger partial charge in [-0.2, -0.15) is 13.2 Å². The average molecular weight is 517 g/mol. The second-order valence-electron chi connectivity index (χ2n) is 7.62. The van der Waals surface area contributed by atoms with Gasteiger partial charge in [-0.25, -0.2) is 9.69 Å². The number of methoxy groups -OCH3 is 1. The number of anilines is 2. The van der Waals surface area contributed by atoms with Crippen molar-refractivity contribution in [2.45, 2.75) is 16.9 Å². The molecule has 3 aromatic rings. The van der Waals surface area contributed by atoms with Gasteiger partial charge in [0.05, 0.1) is 31.2 Å². The Morgan fingerprint density at radius 2 is 1.78 bits per heavy atom. The van der Waals surface area contributed by atoms with Crippen molar-refractivity contribution in [2.24, 2.45) is 0 Å². The zero-order valence-corrected chi connectivity index (χ0v) is 19.6. The van der Waals surface area contributed by atoms with Gasteiger partial charge in [0, 0.05) is 16.7 Å². The molecule has 0 bridgehead atoms. The molecule has 186 valence electrons. The molecule has 1 fully saturated rings. The number of carbonyl (C=O) groups is 3. The van der Waals surface area contributed by atoms with Crippen LogP contribution in [0.15, 0.2) is 71.9 Å². The van der Waals surface area contributed by atoms with Crippen LogP contribution in [0.2, 0.25) is 0 Å². The van der Waals surface area contributed by atoms with Crippen molar-refractivity contribution in [1.29, 1.82) is 0 Å². The van der Waals surface area contributed by atoms with Crippen LogP contribution < -0.4 is 15.0 Å². The van der Waals surface area contributed by atoms with Crippen molar-refractivity contribution in [3.8, 4) is 5.75 Å². The molecule has 12 heteroatoms. The first-order valence-corrected chi connectivity index (χ1v) is 11.3. The van der Waals surface area contributed by atoms with Crippen LogP contribution in [0.3, 0.4) is 0 Å². The SMILES string of the molecule is COc1ccc(C(=O)Nc2cnccc2CN2CC(=O)N(c3ccc(SC(F)(F)F)cc3)C2=O)cc1. The first-order chi connectivity index (χ1) is 17.1. The Kier molecular flexibility index (Phi) is 7.15. The van der Waals surface area contributed by atoms with Crippen molar-refractivity contribution in [1.82, 2.24) is 9.88 Å². The zero-order valence-electron chi connectivity index (χ0n) is 18.8. The van der Waals surface area contributed by atoms with Gasteiger partial charge >= 0.3 is 11.5 Å². The van der Waals surface area contributed by atoms with Gasteiger partial charge < -0.3 is 15.0 Å². The lowest BCUT2D eigenvalue weighted by molar-refractivity contribution is -0.116. The maximum Gasteiger partial charge on any atom is 0.446 e. The number of hydrogen-bond acceptors (Lipinski definition) is 6. The van der Waals surface area contributed by atoms with Crippen molar-refractivity contribution >= 4 is 41.0 Å². The van der Waals surface area contributed by atoms with E-state index >= 15 is 0 Å². The molecule has 1 saturated heterocycles. The summed E-state index contributed by atoms with van der Waals surface area (Å²) in [6.07, 6.45) is 2.93. The minimum atomic E-state index is -4.44. The summed E-state index contributed by atoms with van der Waals surface area (Å²) in [4.78, 5) is 44.4. The number of carbonyl (C=O) groups excluding carboxylic acids is 3. The summed E-state index contributed by atoms with van der Waals surface area (Å²) >= 11 is -0.283. The normalized spacial score (nSPS) is 13.8. The first-order valence-electron chi connectivity index (χ1n) is 10.5. The number of amides is 4. The van der Waals surface area contributed by atoms with Crippen molar-refractivity contribution in [3.63, 3.8) is 0 Å². The molecule has 1 aliphatic rings. The van der Waals surface area contributed by atoms with E-state index in [0.717, 1.165) is 4.90 Å². The largest absolute Gasteiger partial charge is 0.497 e. The van der Waals surface area contributed by atoms with E-state index in [2.05, 4.69) is 10.3 Å². The van der Waals surface area contributed by atoms with Gasteiger partial charge in [-0.05, 0) is 71.9 Å². The van der Waals surface area contributed by atoms with E-state index in [1.54, 1.807) is 30.3 Å². The number of rotatable bonds is 7. The van der Waals surface area contributed by atoms with Crippen LogP contribution in [0.5, 0.6) is 5.75 Å². The number of nitrogens with one attached hydrogen (secondary N) is 1. The summed E-state index contributed by atoms with van der Waals surface area (Å²) in [7, 11) is 1.52. The number of ether oxygens (including phenoxy) is 1. The molecule has 2 heterocycles. The van der Waals surface area contributed by atoms with Crippen LogP contribution in [0.25, 0.3) is 0 Å². The number of pyridine rings is 1. The molecular formula is C24H19F3N4O4S. The molecule has 8 nitrogen and oxygen atoms in total. The lowest BCUT2D eigenvalue weighted by Gasteiger charge is -2.19. The number of imide groups is 1. The highest BCUT2D eigenvalue weighted by atomic mass is 32.2. The van der Waals surface area contributed by atoms with Crippen LogP contribution in [0.1, 0.15) is 15.9 Å². The van der Waals surface area contributed by atoms with Crippen molar-refractivity contribution in [2.75, 3.05) is 23.9 Å². The Bertz CT molecular complexity index is 1280. The minimum absolute atomic E-state index is 0.00380. The topological polar surface area (TPSA) is 91.8 Å². The van der Waals surface area contributed by atoms with Crippen molar-refractivity contribution < 1.29 is 32.3 Å². The summed E-state index contributed by atoms with van der Waals surface area (Å²) < 4.78 is 42.8. The van der Waals surface area contributed by atoms with Crippen LogP contribution >= 0.6 is 11.8 Å². The zero-order chi connectivity index (χ0) is 25.9. The fourth-order valence-electron chi connectivity index (χ4n) is 3.54. The van der Waals surface area contributed by atoms with Gasteiger partial charge in [-0.1, -0.05) is 0 Å². The molecule has 4 rings (SSSR count). The van der Waals surface area contributed by atoms with Crippen LogP contribution in [0, 0.1) is 0 Å². The number of halogens is 3. The minimum Gasteiger partial charge on any atom is -0.497 e. The molecular weight excluding hydrogens is 497 g/mol. The molecule has 0 spiro atoms. The van der Waals surface area contributed by atoms with E-state index in [0.29, 0.717) is 22.6 Å². The predicted octanol–water partition coefficient (Wildman–Crippen LogP) is 4.92. The van der Waals surface area contributed by atoms with Gasteiger partial charge in [0.25, 0.3) is 11.8 Å². The van der Waals surface area contributed by atoms with Gasteiger partial charge in [-0.3, -0.25) is 14.6 Å². The van der Waals surface area contributed by atoms with Gasteiger partial charge in [0.15, 0.2) is 0 Å². The Hall–Kier alpha value is -4.06. The summed E-state index contributed by atoms with van der Waals surface area (Å²) in [6.45, 7) is -0.226. The lowest BCUT2D eigenvalue weighted by atomic mass is 10.1. The quantitative estimate of drug-likeness (QED) is 0.354. The number of benzene rings is 2. The smallest absolute Gasteiger partial charge is 0.446 e. The van der Waals surface area contributed by atoms with E-state index in [4.69, 9.17) is 4.74 Å². The Morgan fingerprint density at radius 1 is 1.08 bits per heavy atom. The number of aromatic nitrogens is 1. The maximum absolute atomic E-state index is 13.0. The average Bonchev–Trinajstić information content (AvgIpc) is 3.12. The molecule has 0 aliphatic carbocycles. The summed E-state index contributed by atoms with van der Waals surface area (Å²) in [5, 5.41) is 2.76. The third-order valence-corrected chi connectivity index (χ3v) is 5.98. The molecule has 1 N–H and O–H groups in total. The third-order valence-electron chi connectivity index (χ3n) is 5.24. The maximum atomic E-state index is 13.0. The molecule has 4 amide bonds. The van der Waals surface area contributed by atoms with Gasteiger partial charge in [0.1, 0.15) is 12.3 Å². The summed E-state index contributed by atoms with van der Waals surface area (Å²) in [5.41, 5.74) is -2.97. The highest BCUT2D eigenvalue weighted by Gasteiger charge is 2.37. The molecule has 0 saturated carbocycles. The molecule has 2 aromatic carbocycles. The fraction of sp³-hybridized carbons (Fsp3) is 0.167. The summed E-state index contributed by atoms with van der Waals surface area (Å²) in [5.74, 6) is -0.313. The Balaban J connectivity index is 1.47. The van der Waals surface area contributed by atoms with Gasteiger partial charge in [0.2, 0.25) is 0 Å². The Labute approximate surface area is 208 Å². The number of hydrogen-bond donors (Lipinski definition) is 1. The molecule has 0 unspecified atom stereocenters. The second kappa shape index (κ2) is 10.3. The van der Waals surface area contributed by atoms with E-state index in [1.165, 1.54) is 48.7 Å². The molecule has 1 aromatic heterocycles. The van der Waals surface area contributed by atoms with Gasteiger partial charge in [-0.15, -0.1) is 0 Å². The molecule has 36 heavy (non-hydrogen) atoms. The van der Waals surface area contributed by atoms with Crippen LogP contribution in [-0.2, 0) is 11.3 Å². The number of nitrogens with zero attached hydrogens (tertiary/aromatic N) is 3. The second-order valence-corrected chi connectivity index (χ2v) is 8.76. The van der Waals surface area contributed by atoms with Crippen LogP contribution in [-0.4, -0.2) is 46.9 Å². The van der Waals surface area contributed by atoms with E-state index in [-0.39, 0.29) is 35.4 Å². The monoisotopic (exact) mass is 516 g/mol. The highest BCUT2D eigenvalue weighted by Crippen LogP contribution is 2.37. The molecule has 0 radical (unpaired) electrons. The lowest BCUT2D eigenvalue weighted by Crippen LogP contribution is -2.33.